The van der Waals surface area contributed by atoms with Gasteiger partial charge in [0.1, 0.15) is 5.03 Å². The number of cyclic esters (lactones) is 1. The van der Waals surface area contributed by atoms with Crippen LogP contribution in [0.4, 0.5) is 0 Å². The van der Waals surface area contributed by atoms with Gasteiger partial charge < -0.3 is 18.9 Å². The van der Waals surface area contributed by atoms with E-state index in [4.69, 9.17) is 23.9 Å². The third-order valence-electron chi connectivity index (χ3n) is 6.03. The lowest BCUT2D eigenvalue weighted by Gasteiger charge is -2.13. The van der Waals surface area contributed by atoms with Crippen molar-refractivity contribution in [3.63, 3.8) is 0 Å². The van der Waals surface area contributed by atoms with Crippen molar-refractivity contribution >= 4 is 40.6 Å². The largest absolute Gasteiger partial charge is 0.493 e. The highest BCUT2D eigenvalue weighted by Crippen LogP contribution is 2.39. The number of benzene rings is 3. The molecular formula is C30H26N2O5S. The normalized spacial score (nSPS) is 14.0. The molecule has 7 nitrogen and oxygen atoms in total. The van der Waals surface area contributed by atoms with Gasteiger partial charge in [0.2, 0.25) is 11.6 Å². The van der Waals surface area contributed by atoms with E-state index in [9.17, 15) is 4.79 Å². The van der Waals surface area contributed by atoms with Gasteiger partial charge in [-0.15, -0.1) is 0 Å². The van der Waals surface area contributed by atoms with Gasteiger partial charge in [-0.25, -0.2) is 14.8 Å². The summed E-state index contributed by atoms with van der Waals surface area (Å²) in [5.41, 5.74) is 4.67. The first-order chi connectivity index (χ1) is 18.4. The van der Waals surface area contributed by atoms with Crippen molar-refractivity contribution in [2.24, 2.45) is 4.99 Å². The Labute approximate surface area is 225 Å². The fourth-order valence-electron chi connectivity index (χ4n) is 4.06. The van der Waals surface area contributed by atoms with Gasteiger partial charge in [0.25, 0.3) is 0 Å². The zero-order valence-electron chi connectivity index (χ0n) is 21.7. The lowest BCUT2D eigenvalue weighted by molar-refractivity contribution is -0.129. The SMILES string of the molecule is COc1cc(C2=N/C(=C/c3cc4ccc(C)cc4nc3Sc3ccc(C)cc3)C(=O)O2)cc(OC)c1OC. The molecule has 192 valence electrons. The highest BCUT2D eigenvalue weighted by molar-refractivity contribution is 7.99. The molecule has 0 fully saturated rings. The van der Waals surface area contributed by atoms with Crippen molar-refractivity contribution in [3.05, 3.63) is 88.6 Å². The second-order valence-electron chi connectivity index (χ2n) is 8.74. The maximum absolute atomic E-state index is 12.9. The van der Waals surface area contributed by atoms with Crippen LogP contribution in [0.15, 0.2) is 81.3 Å². The monoisotopic (exact) mass is 526 g/mol. The fourth-order valence-corrected chi connectivity index (χ4v) is 4.94. The number of rotatable bonds is 7. The second kappa shape index (κ2) is 10.6. The Kier molecular flexibility index (Phi) is 7.07. The van der Waals surface area contributed by atoms with Crippen LogP contribution in [0.2, 0.25) is 0 Å². The number of nitrogens with zero attached hydrogens (tertiary/aromatic N) is 2. The number of aliphatic imine (C=N–C) groups is 1. The van der Waals surface area contributed by atoms with Crippen LogP contribution >= 0.6 is 11.8 Å². The van der Waals surface area contributed by atoms with Gasteiger partial charge in [-0.2, -0.15) is 0 Å². The lowest BCUT2D eigenvalue weighted by atomic mass is 10.1. The topological polar surface area (TPSA) is 79.2 Å². The molecule has 1 aliphatic heterocycles. The predicted molar refractivity (Wildman–Crippen MR) is 148 cm³/mol. The van der Waals surface area contributed by atoms with Gasteiger partial charge in [0, 0.05) is 21.4 Å². The van der Waals surface area contributed by atoms with E-state index < -0.39 is 5.97 Å². The molecule has 38 heavy (non-hydrogen) atoms. The summed E-state index contributed by atoms with van der Waals surface area (Å²) in [6, 6.07) is 19.8. The molecule has 0 amide bonds. The molecule has 0 aliphatic carbocycles. The van der Waals surface area contributed by atoms with Gasteiger partial charge in [-0.05, 0) is 61.9 Å². The number of fused-ring (bicyclic) bond motifs is 1. The molecule has 0 bridgehead atoms. The maximum atomic E-state index is 12.9. The van der Waals surface area contributed by atoms with E-state index in [0.29, 0.717) is 22.8 Å². The summed E-state index contributed by atoms with van der Waals surface area (Å²) < 4.78 is 21.8. The van der Waals surface area contributed by atoms with Crippen molar-refractivity contribution in [1.29, 1.82) is 0 Å². The molecule has 8 heteroatoms. The molecule has 0 saturated carbocycles. The van der Waals surface area contributed by atoms with Crippen molar-refractivity contribution in [1.82, 2.24) is 4.98 Å². The molecule has 1 aliphatic rings. The summed E-state index contributed by atoms with van der Waals surface area (Å²) in [7, 11) is 4.58. The first kappa shape index (κ1) is 25.4. The van der Waals surface area contributed by atoms with Gasteiger partial charge in [-0.1, -0.05) is 41.6 Å². The molecular weight excluding hydrogens is 500 g/mol. The Morgan fingerprint density at radius 2 is 1.53 bits per heavy atom. The minimum absolute atomic E-state index is 0.151. The number of hydrogen-bond acceptors (Lipinski definition) is 8. The summed E-state index contributed by atoms with van der Waals surface area (Å²) in [5.74, 6) is 0.906. The minimum atomic E-state index is -0.552. The molecule has 0 atom stereocenters. The summed E-state index contributed by atoms with van der Waals surface area (Å²) in [4.78, 5) is 23.4. The Hall–Kier alpha value is -4.30. The zero-order valence-corrected chi connectivity index (χ0v) is 22.5. The van der Waals surface area contributed by atoms with Crippen molar-refractivity contribution in [2.75, 3.05) is 21.3 Å². The first-order valence-electron chi connectivity index (χ1n) is 11.9. The Balaban J connectivity index is 1.59. The Bertz CT molecular complexity index is 1580. The minimum Gasteiger partial charge on any atom is -0.493 e. The molecule has 0 saturated heterocycles. The zero-order chi connectivity index (χ0) is 26.8. The quantitative estimate of drug-likeness (QED) is 0.204. The summed E-state index contributed by atoms with van der Waals surface area (Å²) >= 11 is 1.54. The molecule has 0 N–H and O–H groups in total. The van der Waals surface area contributed by atoms with E-state index >= 15 is 0 Å². The van der Waals surface area contributed by atoms with Crippen molar-refractivity contribution < 1.29 is 23.7 Å². The summed E-state index contributed by atoms with van der Waals surface area (Å²) in [6.45, 7) is 4.09. The Morgan fingerprint density at radius 3 is 2.18 bits per heavy atom. The number of carbonyl (C=O) groups excluding carboxylic acids is 1. The van der Waals surface area contributed by atoms with Crippen LogP contribution < -0.4 is 14.2 Å². The van der Waals surface area contributed by atoms with E-state index in [1.807, 2.05) is 25.1 Å². The van der Waals surface area contributed by atoms with Crippen molar-refractivity contribution in [3.8, 4) is 17.2 Å². The van der Waals surface area contributed by atoms with Gasteiger partial charge in [-0.3, -0.25) is 0 Å². The van der Waals surface area contributed by atoms with E-state index in [-0.39, 0.29) is 11.6 Å². The van der Waals surface area contributed by atoms with E-state index in [1.54, 1.807) is 18.2 Å². The Morgan fingerprint density at radius 1 is 0.842 bits per heavy atom. The van der Waals surface area contributed by atoms with Crippen LogP contribution in [0, 0.1) is 13.8 Å². The average molecular weight is 527 g/mol. The first-order valence-corrected chi connectivity index (χ1v) is 12.7. The average Bonchev–Trinajstić information content (AvgIpc) is 3.29. The standard InChI is InChI=1S/C30H26N2O5S/c1-17-7-10-22(11-8-17)38-29-21(13-19-9-6-18(2)12-23(19)32-29)14-24-30(33)37-28(31-24)20-15-25(34-3)27(36-5)26(16-20)35-4/h6-16H,1-5H3/b24-14+. The van der Waals surface area contributed by atoms with Crippen LogP contribution in [0.3, 0.4) is 0 Å². The summed E-state index contributed by atoms with van der Waals surface area (Å²) in [6.07, 6.45) is 1.72. The molecule has 5 rings (SSSR count). The van der Waals surface area contributed by atoms with Crippen LogP contribution in [-0.4, -0.2) is 38.2 Å². The molecule has 3 aromatic carbocycles. The van der Waals surface area contributed by atoms with Crippen LogP contribution in [0.25, 0.3) is 17.0 Å². The van der Waals surface area contributed by atoms with E-state index in [0.717, 1.165) is 32.0 Å². The molecule has 0 radical (unpaired) electrons. The maximum Gasteiger partial charge on any atom is 0.363 e. The van der Waals surface area contributed by atoms with E-state index in [1.165, 1.54) is 38.7 Å². The fraction of sp³-hybridized carbons (Fsp3) is 0.167. The van der Waals surface area contributed by atoms with Crippen LogP contribution in [0.1, 0.15) is 22.3 Å². The third kappa shape index (κ3) is 5.08. The van der Waals surface area contributed by atoms with Crippen LogP contribution in [0.5, 0.6) is 17.2 Å². The summed E-state index contributed by atoms with van der Waals surface area (Å²) in [5, 5.41) is 1.74. The second-order valence-corrected chi connectivity index (χ2v) is 9.81. The smallest absolute Gasteiger partial charge is 0.363 e. The number of pyridine rings is 1. The predicted octanol–water partition coefficient (Wildman–Crippen LogP) is 6.37. The highest BCUT2D eigenvalue weighted by atomic mass is 32.2. The number of hydrogen-bond donors (Lipinski definition) is 0. The van der Waals surface area contributed by atoms with Crippen LogP contribution in [-0.2, 0) is 9.53 Å². The van der Waals surface area contributed by atoms with E-state index in [2.05, 4.69) is 42.2 Å². The van der Waals surface area contributed by atoms with Gasteiger partial charge >= 0.3 is 5.97 Å². The number of aromatic nitrogens is 1. The number of methoxy groups -OCH3 is 3. The van der Waals surface area contributed by atoms with Crippen molar-refractivity contribution in [2.45, 2.75) is 23.8 Å². The third-order valence-corrected chi connectivity index (χ3v) is 7.05. The number of ether oxygens (including phenoxy) is 4. The molecule has 4 aromatic rings. The number of carbonyl (C=O) groups is 1. The number of esters is 1. The van der Waals surface area contributed by atoms with Gasteiger partial charge in [0.05, 0.1) is 26.8 Å². The molecule has 2 heterocycles. The number of aryl methyl sites for hydroxylation is 2. The lowest BCUT2D eigenvalue weighted by Crippen LogP contribution is -2.07. The molecule has 0 unspecified atom stereocenters. The molecule has 1 aromatic heterocycles. The highest BCUT2D eigenvalue weighted by Gasteiger charge is 2.27. The van der Waals surface area contributed by atoms with Gasteiger partial charge in [0.15, 0.2) is 17.2 Å². The molecule has 0 spiro atoms.